The van der Waals surface area contributed by atoms with E-state index in [4.69, 9.17) is 4.74 Å². The molecule has 0 heterocycles. The lowest BCUT2D eigenvalue weighted by atomic mass is 9.48. The molecule has 4 aliphatic carbocycles. The molecule has 0 spiro atoms. The molecule has 3 unspecified atom stereocenters. The van der Waals surface area contributed by atoms with Gasteiger partial charge in [0.15, 0.2) is 0 Å². The Morgan fingerprint density at radius 1 is 1.35 bits per heavy atom. The molecule has 0 radical (unpaired) electrons. The molecule has 4 heteroatoms. The minimum absolute atomic E-state index is 0.0399. The zero-order valence-electron chi connectivity index (χ0n) is 12.5. The maximum atomic E-state index is 12.5. The van der Waals surface area contributed by atoms with Gasteiger partial charge in [0.2, 0.25) is 0 Å². The molecule has 4 rings (SSSR count). The first-order chi connectivity index (χ1) is 9.32. The highest BCUT2D eigenvalue weighted by Crippen LogP contribution is 2.62. The molecule has 0 aliphatic heterocycles. The van der Waals surface area contributed by atoms with Crippen molar-refractivity contribution in [2.45, 2.75) is 67.8 Å². The van der Waals surface area contributed by atoms with E-state index in [-0.39, 0.29) is 23.6 Å². The van der Waals surface area contributed by atoms with Gasteiger partial charge >= 0.3 is 5.97 Å². The van der Waals surface area contributed by atoms with E-state index in [0.29, 0.717) is 11.8 Å². The summed E-state index contributed by atoms with van der Waals surface area (Å²) in [5.41, 5.74) is -0.232. The smallest absolute Gasteiger partial charge is 0.322 e. The molecule has 114 valence electrons. The van der Waals surface area contributed by atoms with Gasteiger partial charge in [-0.15, -0.1) is 0 Å². The number of aliphatic hydroxyl groups excluding tert-OH is 1. The van der Waals surface area contributed by atoms with Gasteiger partial charge in [-0.3, -0.25) is 4.79 Å². The summed E-state index contributed by atoms with van der Waals surface area (Å²) in [6, 6.07) is 0. The van der Waals surface area contributed by atoms with Crippen LogP contribution < -0.4 is 0 Å². The van der Waals surface area contributed by atoms with Crippen molar-refractivity contribution >= 4 is 28.6 Å². The number of carbonyl (C=O) groups is 1. The predicted octanol–water partition coefficient (Wildman–Crippen LogP) is 3.46. The van der Waals surface area contributed by atoms with Crippen LogP contribution in [0.1, 0.15) is 58.8 Å². The lowest BCUT2D eigenvalue weighted by Gasteiger charge is -2.61. The average Bonchev–Trinajstić information content (AvgIpc) is 2.36. The average molecular weight is 392 g/mol. The van der Waals surface area contributed by atoms with Crippen LogP contribution in [0.4, 0.5) is 0 Å². The minimum atomic E-state index is -0.423. The standard InChI is InChI=1S/C16H25IO3/c1-3-14(2,17)13(19)20-16-7-11-4-12(8-16)6-15(5-11,9-16)10-18/h11-12,18H,3-10H2,1-2H3. The molecule has 20 heavy (non-hydrogen) atoms. The summed E-state index contributed by atoms with van der Waals surface area (Å²) >= 11 is 2.21. The second-order valence-corrected chi connectivity index (χ2v) is 10.1. The van der Waals surface area contributed by atoms with Crippen LogP contribution in [0.5, 0.6) is 0 Å². The van der Waals surface area contributed by atoms with E-state index in [1.54, 1.807) is 0 Å². The third-order valence-corrected chi connectivity index (χ3v) is 7.07. The number of hydrogen-bond donors (Lipinski definition) is 1. The second-order valence-electron chi connectivity index (χ2n) is 7.74. The zero-order valence-corrected chi connectivity index (χ0v) is 14.6. The predicted molar refractivity (Wildman–Crippen MR) is 85.7 cm³/mol. The van der Waals surface area contributed by atoms with Crippen LogP contribution in [0, 0.1) is 17.3 Å². The molecule has 3 atom stereocenters. The van der Waals surface area contributed by atoms with Gasteiger partial charge in [0.05, 0.1) is 0 Å². The van der Waals surface area contributed by atoms with Crippen LogP contribution in [-0.2, 0) is 9.53 Å². The summed E-state index contributed by atoms with van der Waals surface area (Å²) in [5, 5.41) is 9.84. The third kappa shape index (κ3) is 2.40. The molecular formula is C16H25IO3. The first kappa shape index (κ1) is 15.1. The number of aliphatic hydroxyl groups is 1. The third-order valence-electron chi connectivity index (χ3n) is 5.86. The molecule has 0 amide bonds. The van der Waals surface area contributed by atoms with E-state index in [2.05, 4.69) is 22.6 Å². The first-order valence-electron chi connectivity index (χ1n) is 7.85. The monoisotopic (exact) mass is 392 g/mol. The van der Waals surface area contributed by atoms with Gasteiger partial charge in [-0.25, -0.2) is 0 Å². The fourth-order valence-electron chi connectivity index (χ4n) is 5.12. The second kappa shape index (κ2) is 4.83. The molecule has 0 aromatic carbocycles. The van der Waals surface area contributed by atoms with Crippen molar-refractivity contribution in [1.29, 1.82) is 0 Å². The Morgan fingerprint density at radius 2 is 1.95 bits per heavy atom. The molecule has 0 aromatic heterocycles. The maximum absolute atomic E-state index is 12.5. The van der Waals surface area contributed by atoms with E-state index in [1.807, 2.05) is 13.8 Å². The van der Waals surface area contributed by atoms with Gasteiger partial charge in [0.1, 0.15) is 9.02 Å². The topological polar surface area (TPSA) is 46.5 Å². The van der Waals surface area contributed by atoms with Crippen LogP contribution in [0.15, 0.2) is 0 Å². The highest BCUT2D eigenvalue weighted by atomic mass is 127. The normalized spacial score (nSPS) is 45.2. The van der Waals surface area contributed by atoms with Crippen LogP contribution in [0.25, 0.3) is 0 Å². The van der Waals surface area contributed by atoms with Crippen molar-refractivity contribution < 1.29 is 14.6 Å². The number of ether oxygens (including phenoxy) is 1. The quantitative estimate of drug-likeness (QED) is 0.453. The Balaban J connectivity index is 1.81. The summed E-state index contributed by atoms with van der Waals surface area (Å²) < 4.78 is 5.65. The summed E-state index contributed by atoms with van der Waals surface area (Å²) in [6.45, 7) is 4.25. The molecule has 0 aromatic rings. The fraction of sp³-hybridized carbons (Fsp3) is 0.938. The van der Waals surface area contributed by atoms with Crippen molar-refractivity contribution in [1.82, 2.24) is 0 Å². The van der Waals surface area contributed by atoms with Gasteiger partial charge in [-0.05, 0) is 69.1 Å². The van der Waals surface area contributed by atoms with Gasteiger partial charge in [-0.2, -0.15) is 0 Å². The molecule has 1 N–H and O–H groups in total. The van der Waals surface area contributed by atoms with E-state index in [0.717, 1.165) is 38.5 Å². The lowest BCUT2D eigenvalue weighted by molar-refractivity contribution is -0.208. The Labute approximate surface area is 135 Å². The number of hydrogen-bond acceptors (Lipinski definition) is 3. The van der Waals surface area contributed by atoms with E-state index in [1.165, 1.54) is 6.42 Å². The molecule has 0 saturated heterocycles. The van der Waals surface area contributed by atoms with E-state index < -0.39 is 3.42 Å². The van der Waals surface area contributed by atoms with Crippen LogP contribution in [0.2, 0.25) is 0 Å². The van der Waals surface area contributed by atoms with Crippen molar-refractivity contribution in [3.05, 3.63) is 0 Å². The molecule has 4 aliphatic rings. The number of carbonyl (C=O) groups excluding carboxylic acids is 1. The minimum Gasteiger partial charge on any atom is -0.458 e. The number of esters is 1. The molecule has 4 saturated carbocycles. The zero-order chi connectivity index (χ0) is 14.6. The summed E-state index contributed by atoms with van der Waals surface area (Å²) in [4.78, 5) is 12.5. The lowest BCUT2D eigenvalue weighted by Crippen LogP contribution is -2.59. The van der Waals surface area contributed by atoms with Crippen molar-refractivity contribution in [2.24, 2.45) is 17.3 Å². The van der Waals surface area contributed by atoms with E-state index >= 15 is 0 Å². The Morgan fingerprint density at radius 3 is 2.45 bits per heavy atom. The Bertz CT molecular complexity index is 404. The van der Waals surface area contributed by atoms with Crippen molar-refractivity contribution in [3.63, 3.8) is 0 Å². The van der Waals surface area contributed by atoms with Crippen molar-refractivity contribution in [3.8, 4) is 0 Å². The Kier molecular flexibility index (Phi) is 3.64. The van der Waals surface area contributed by atoms with Crippen molar-refractivity contribution in [2.75, 3.05) is 6.61 Å². The number of rotatable bonds is 4. The first-order valence-corrected chi connectivity index (χ1v) is 8.93. The SMILES string of the molecule is CCC(C)(I)C(=O)OC12CC3CC(CC(CO)(C3)C1)C2. The van der Waals surface area contributed by atoms with Crippen LogP contribution in [-0.4, -0.2) is 26.7 Å². The van der Waals surface area contributed by atoms with E-state index in [9.17, 15) is 9.90 Å². The van der Waals surface area contributed by atoms with Gasteiger partial charge < -0.3 is 9.84 Å². The summed E-state index contributed by atoms with van der Waals surface area (Å²) in [5.74, 6) is 1.24. The largest absolute Gasteiger partial charge is 0.458 e. The highest BCUT2D eigenvalue weighted by Gasteiger charge is 2.59. The van der Waals surface area contributed by atoms with Crippen LogP contribution in [0.3, 0.4) is 0 Å². The van der Waals surface area contributed by atoms with Crippen LogP contribution >= 0.6 is 22.6 Å². The Hall–Kier alpha value is 0.160. The highest BCUT2D eigenvalue weighted by molar-refractivity contribution is 14.1. The fourth-order valence-corrected chi connectivity index (χ4v) is 5.23. The van der Waals surface area contributed by atoms with Gasteiger partial charge in [-0.1, -0.05) is 29.5 Å². The molecule has 3 nitrogen and oxygen atoms in total. The molecule has 4 bridgehead atoms. The maximum Gasteiger partial charge on any atom is 0.322 e. The number of alkyl halides is 1. The molecular weight excluding hydrogens is 367 g/mol. The number of halogens is 1. The summed E-state index contributed by atoms with van der Waals surface area (Å²) in [6.07, 6.45) is 7.26. The van der Waals surface area contributed by atoms with Gasteiger partial charge in [0, 0.05) is 6.61 Å². The van der Waals surface area contributed by atoms with Gasteiger partial charge in [0.25, 0.3) is 0 Å². The summed E-state index contributed by atoms with van der Waals surface area (Å²) in [7, 11) is 0. The molecule has 4 fully saturated rings.